The first-order valence-corrected chi connectivity index (χ1v) is 8.97. The second-order valence-corrected chi connectivity index (χ2v) is 9.58. The van der Waals surface area contributed by atoms with Gasteiger partial charge in [-0.1, -0.05) is 18.6 Å². The van der Waals surface area contributed by atoms with E-state index in [4.69, 9.17) is 4.74 Å². The molecule has 1 saturated heterocycles. The summed E-state index contributed by atoms with van der Waals surface area (Å²) in [5, 5.41) is 0. The SMILES string of the molecule is CC(C)(C)O[C@@H]1[C@@]23CC=CC[C@]2(CCC3)CS1(=O)=O. The van der Waals surface area contributed by atoms with Crippen LogP contribution in [0, 0.1) is 10.8 Å². The minimum atomic E-state index is -3.14. The van der Waals surface area contributed by atoms with Gasteiger partial charge in [-0.15, -0.1) is 0 Å². The molecule has 0 aromatic rings. The molecular weight excluding hydrogens is 260 g/mol. The van der Waals surface area contributed by atoms with E-state index in [0.29, 0.717) is 5.75 Å². The van der Waals surface area contributed by atoms with Crippen molar-refractivity contribution in [2.45, 2.75) is 63.9 Å². The first-order valence-electron chi connectivity index (χ1n) is 7.25. The molecule has 0 spiro atoms. The van der Waals surface area contributed by atoms with Crippen LogP contribution < -0.4 is 0 Å². The van der Waals surface area contributed by atoms with E-state index in [-0.39, 0.29) is 10.8 Å². The minimum Gasteiger partial charge on any atom is -0.356 e. The molecule has 19 heavy (non-hydrogen) atoms. The summed E-state index contributed by atoms with van der Waals surface area (Å²) in [5.41, 5.74) is -1.22. The fourth-order valence-corrected chi connectivity index (χ4v) is 7.59. The normalized spacial score (nSPS) is 44.1. The molecule has 0 aromatic heterocycles. The zero-order valence-electron chi connectivity index (χ0n) is 12.1. The first kappa shape index (κ1) is 13.6. The number of hydrogen-bond acceptors (Lipinski definition) is 3. The molecule has 0 bridgehead atoms. The zero-order chi connectivity index (χ0) is 13.9. The highest BCUT2D eigenvalue weighted by atomic mass is 32.2. The molecule has 2 aliphatic carbocycles. The molecule has 3 rings (SSSR count). The van der Waals surface area contributed by atoms with Crippen molar-refractivity contribution in [3.05, 3.63) is 12.2 Å². The number of allylic oxidation sites excluding steroid dienone is 2. The molecule has 1 saturated carbocycles. The van der Waals surface area contributed by atoms with Gasteiger partial charge in [0.05, 0.1) is 11.4 Å². The van der Waals surface area contributed by atoms with Crippen LogP contribution >= 0.6 is 0 Å². The quantitative estimate of drug-likeness (QED) is 0.695. The Balaban J connectivity index is 2.09. The van der Waals surface area contributed by atoms with Crippen LogP contribution in [0.3, 0.4) is 0 Å². The second-order valence-electron chi connectivity index (χ2n) is 7.54. The van der Waals surface area contributed by atoms with Crippen LogP contribution in [0.4, 0.5) is 0 Å². The van der Waals surface area contributed by atoms with Crippen molar-refractivity contribution >= 4 is 9.84 Å². The van der Waals surface area contributed by atoms with Crippen LogP contribution in [0.1, 0.15) is 52.9 Å². The molecule has 0 radical (unpaired) electrons. The maximum Gasteiger partial charge on any atom is 0.178 e. The summed E-state index contributed by atoms with van der Waals surface area (Å²) in [5.74, 6) is 0.324. The van der Waals surface area contributed by atoms with Gasteiger partial charge >= 0.3 is 0 Å². The highest BCUT2D eigenvalue weighted by molar-refractivity contribution is 7.92. The van der Waals surface area contributed by atoms with E-state index in [0.717, 1.165) is 32.1 Å². The van der Waals surface area contributed by atoms with E-state index < -0.39 is 20.9 Å². The second kappa shape index (κ2) is 3.85. The molecule has 1 heterocycles. The molecule has 3 atom stereocenters. The Kier molecular flexibility index (Phi) is 2.76. The smallest absolute Gasteiger partial charge is 0.178 e. The molecule has 0 aromatic carbocycles. The Hall–Kier alpha value is -0.350. The lowest BCUT2D eigenvalue weighted by molar-refractivity contribution is -0.0984. The standard InChI is InChI=1S/C15H24O3S/c1-13(2,3)18-12-15-9-5-4-7-14(15,8-6-10-15)11-19(12,16)17/h4-5,12H,6-11H2,1-3H3/t12-,14-,15-/m0/s1. The summed E-state index contributed by atoms with van der Waals surface area (Å²) >= 11 is 0. The van der Waals surface area contributed by atoms with E-state index >= 15 is 0 Å². The molecule has 108 valence electrons. The van der Waals surface area contributed by atoms with Crippen LogP contribution in [-0.4, -0.2) is 25.2 Å². The lowest BCUT2D eigenvalue weighted by Gasteiger charge is -2.44. The predicted octanol–water partition coefficient (Wildman–Crippen LogP) is 3.06. The van der Waals surface area contributed by atoms with Crippen molar-refractivity contribution in [3.63, 3.8) is 0 Å². The Morgan fingerprint density at radius 1 is 1.16 bits per heavy atom. The van der Waals surface area contributed by atoms with E-state index in [2.05, 4.69) is 12.2 Å². The van der Waals surface area contributed by atoms with Gasteiger partial charge in [-0.3, -0.25) is 0 Å². The fraction of sp³-hybridized carbons (Fsp3) is 0.867. The molecular formula is C15H24O3S. The Morgan fingerprint density at radius 3 is 2.53 bits per heavy atom. The summed E-state index contributed by atoms with van der Waals surface area (Å²) in [6.07, 6.45) is 9.31. The molecule has 0 unspecified atom stereocenters. The van der Waals surface area contributed by atoms with Gasteiger partial charge in [0, 0.05) is 5.41 Å². The molecule has 3 aliphatic rings. The highest BCUT2D eigenvalue weighted by Gasteiger charge is 2.69. The lowest BCUT2D eigenvalue weighted by Crippen LogP contribution is -2.46. The van der Waals surface area contributed by atoms with Crippen molar-refractivity contribution in [1.82, 2.24) is 0 Å². The van der Waals surface area contributed by atoms with Gasteiger partial charge in [-0.05, 0) is 51.9 Å². The third-order valence-corrected chi connectivity index (χ3v) is 7.36. The lowest BCUT2D eigenvalue weighted by atomic mass is 9.61. The monoisotopic (exact) mass is 284 g/mol. The highest BCUT2D eigenvalue weighted by Crippen LogP contribution is 2.67. The Bertz CT molecular complexity index is 514. The molecule has 2 fully saturated rings. The third kappa shape index (κ3) is 1.83. The summed E-state index contributed by atoms with van der Waals surface area (Å²) in [6.45, 7) is 5.85. The summed E-state index contributed by atoms with van der Waals surface area (Å²) < 4.78 is 31.4. The Labute approximate surface area is 116 Å². The summed E-state index contributed by atoms with van der Waals surface area (Å²) in [6, 6.07) is 0. The minimum absolute atomic E-state index is 0.0451. The van der Waals surface area contributed by atoms with Crippen molar-refractivity contribution in [2.24, 2.45) is 10.8 Å². The van der Waals surface area contributed by atoms with E-state index in [1.165, 1.54) is 0 Å². The molecule has 1 aliphatic heterocycles. The van der Waals surface area contributed by atoms with E-state index in [1.807, 2.05) is 20.8 Å². The largest absolute Gasteiger partial charge is 0.356 e. The van der Waals surface area contributed by atoms with E-state index in [1.54, 1.807) is 0 Å². The molecule has 4 heteroatoms. The van der Waals surface area contributed by atoms with Crippen LogP contribution in [0.15, 0.2) is 12.2 Å². The topological polar surface area (TPSA) is 43.4 Å². The number of hydrogen-bond donors (Lipinski definition) is 0. The third-order valence-electron chi connectivity index (χ3n) is 5.21. The fourth-order valence-electron chi connectivity index (χ4n) is 4.53. The maximum atomic E-state index is 12.7. The van der Waals surface area contributed by atoms with Gasteiger partial charge in [0.2, 0.25) is 0 Å². The van der Waals surface area contributed by atoms with Crippen molar-refractivity contribution in [1.29, 1.82) is 0 Å². The summed E-state index contributed by atoms with van der Waals surface area (Å²) in [4.78, 5) is 0. The zero-order valence-corrected chi connectivity index (χ0v) is 12.9. The maximum absolute atomic E-state index is 12.7. The van der Waals surface area contributed by atoms with Gasteiger partial charge < -0.3 is 4.74 Å². The van der Waals surface area contributed by atoms with Crippen LogP contribution in [0.2, 0.25) is 0 Å². The average Bonchev–Trinajstić information content (AvgIpc) is 2.70. The van der Waals surface area contributed by atoms with Crippen molar-refractivity contribution in [3.8, 4) is 0 Å². The molecule has 0 N–H and O–H groups in total. The van der Waals surface area contributed by atoms with Gasteiger partial charge in [0.15, 0.2) is 15.3 Å². The van der Waals surface area contributed by atoms with Crippen LogP contribution in [0.5, 0.6) is 0 Å². The van der Waals surface area contributed by atoms with Gasteiger partial charge in [-0.25, -0.2) is 8.42 Å². The van der Waals surface area contributed by atoms with Crippen LogP contribution in [-0.2, 0) is 14.6 Å². The number of sulfone groups is 1. The van der Waals surface area contributed by atoms with E-state index in [9.17, 15) is 8.42 Å². The van der Waals surface area contributed by atoms with Crippen molar-refractivity contribution < 1.29 is 13.2 Å². The molecule has 0 amide bonds. The number of ether oxygens (including phenoxy) is 1. The van der Waals surface area contributed by atoms with Gasteiger partial charge in [-0.2, -0.15) is 0 Å². The predicted molar refractivity (Wildman–Crippen MR) is 75.5 cm³/mol. The Morgan fingerprint density at radius 2 is 1.84 bits per heavy atom. The first-order chi connectivity index (χ1) is 8.71. The van der Waals surface area contributed by atoms with Gasteiger partial charge in [0.1, 0.15) is 0 Å². The van der Waals surface area contributed by atoms with Crippen molar-refractivity contribution in [2.75, 3.05) is 5.75 Å². The summed E-state index contributed by atoms with van der Waals surface area (Å²) in [7, 11) is -3.14. The van der Waals surface area contributed by atoms with Crippen LogP contribution in [0.25, 0.3) is 0 Å². The van der Waals surface area contributed by atoms with Gasteiger partial charge in [0.25, 0.3) is 0 Å². The molecule has 3 nitrogen and oxygen atoms in total. The number of rotatable bonds is 1. The average molecular weight is 284 g/mol.